The van der Waals surface area contributed by atoms with Crippen LogP contribution in [-0.2, 0) is 14.3 Å². The van der Waals surface area contributed by atoms with Gasteiger partial charge in [0, 0.05) is 33.4 Å². The Hall–Kier alpha value is -0.410. The third-order valence-electron chi connectivity index (χ3n) is 3.33. The minimum Gasteiger partial charge on any atom is -0.384 e. The molecule has 0 aromatic carbocycles. The number of rotatable bonds is 8. The fraction of sp³-hybridized carbons (Fsp3) is 0.923. The molecule has 0 aromatic heterocycles. The molecule has 0 amide bonds. The van der Waals surface area contributed by atoms with Gasteiger partial charge in [0.05, 0.1) is 0 Å². The van der Waals surface area contributed by atoms with Crippen LogP contribution in [0, 0.1) is 11.8 Å². The van der Waals surface area contributed by atoms with Crippen LogP contribution in [0.4, 0.5) is 0 Å². The van der Waals surface area contributed by atoms with Gasteiger partial charge >= 0.3 is 0 Å². The Labute approximate surface area is 98.5 Å². The maximum Gasteiger partial charge on any atom is 0.120 e. The van der Waals surface area contributed by atoms with E-state index in [0.717, 1.165) is 44.4 Å². The van der Waals surface area contributed by atoms with Crippen LogP contribution in [0.3, 0.4) is 0 Å². The third-order valence-corrected chi connectivity index (χ3v) is 3.33. The van der Waals surface area contributed by atoms with Gasteiger partial charge in [0.25, 0.3) is 0 Å². The summed E-state index contributed by atoms with van der Waals surface area (Å²) in [6.07, 6.45) is 7.53. The normalized spacial score (nSPS) is 25.6. The van der Waals surface area contributed by atoms with Crippen LogP contribution < -0.4 is 0 Å². The maximum absolute atomic E-state index is 10.1. The molecule has 0 saturated heterocycles. The molecule has 0 radical (unpaired) electrons. The van der Waals surface area contributed by atoms with Crippen LogP contribution in [-0.4, -0.2) is 33.2 Å². The van der Waals surface area contributed by atoms with Crippen molar-refractivity contribution in [3.63, 3.8) is 0 Å². The van der Waals surface area contributed by atoms with Gasteiger partial charge in [-0.15, -0.1) is 0 Å². The minimum atomic E-state index is 0.626. The van der Waals surface area contributed by atoms with Crippen molar-refractivity contribution in [1.82, 2.24) is 0 Å². The van der Waals surface area contributed by atoms with Crippen LogP contribution in [0.5, 0.6) is 0 Å². The summed E-state index contributed by atoms with van der Waals surface area (Å²) in [6.45, 7) is 2.52. The van der Waals surface area contributed by atoms with Crippen molar-refractivity contribution in [3.8, 4) is 0 Å². The van der Waals surface area contributed by atoms with E-state index >= 15 is 0 Å². The van der Waals surface area contributed by atoms with Crippen molar-refractivity contribution in [3.05, 3.63) is 0 Å². The smallest absolute Gasteiger partial charge is 0.120 e. The van der Waals surface area contributed by atoms with Crippen molar-refractivity contribution in [2.75, 3.05) is 26.9 Å². The molecule has 1 rings (SSSR count). The van der Waals surface area contributed by atoms with Gasteiger partial charge in [-0.1, -0.05) is 0 Å². The lowest BCUT2D eigenvalue weighted by Crippen LogP contribution is -2.21. The first-order valence-corrected chi connectivity index (χ1v) is 6.37. The van der Waals surface area contributed by atoms with Gasteiger partial charge in [0.15, 0.2) is 0 Å². The maximum atomic E-state index is 10.1. The zero-order valence-electron chi connectivity index (χ0n) is 10.3. The Kier molecular flexibility index (Phi) is 7.43. The van der Waals surface area contributed by atoms with Crippen molar-refractivity contribution in [2.45, 2.75) is 38.5 Å². The number of methoxy groups -OCH3 is 1. The van der Waals surface area contributed by atoms with E-state index in [0.29, 0.717) is 6.42 Å². The van der Waals surface area contributed by atoms with Crippen LogP contribution in [0.25, 0.3) is 0 Å². The second-order valence-corrected chi connectivity index (χ2v) is 4.73. The number of ether oxygens (including phenoxy) is 2. The number of carbonyl (C=O) groups excluding carboxylic acids is 1. The minimum absolute atomic E-state index is 0.626. The van der Waals surface area contributed by atoms with Crippen molar-refractivity contribution < 1.29 is 14.3 Å². The van der Waals surface area contributed by atoms with E-state index in [1.807, 2.05) is 0 Å². The average Bonchev–Trinajstić information content (AvgIpc) is 2.31. The molecule has 3 heteroatoms. The molecule has 16 heavy (non-hydrogen) atoms. The second kappa shape index (κ2) is 8.71. The summed E-state index contributed by atoms with van der Waals surface area (Å²) in [5.41, 5.74) is 0. The van der Waals surface area contributed by atoms with E-state index in [9.17, 15) is 4.79 Å². The molecular weight excluding hydrogens is 204 g/mol. The summed E-state index contributed by atoms with van der Waals surface area (Å²) in [5, 5.41) is 0. The van der Waals surface area contributed by atoms with E-state index < -0.39 is 0 Å². The number of unbranched alkanes of at least 4 members (excludes halogenated alkanes) is 1. The molecule has 0 spiro atoms. The third kappa shape index (κ3) is 5.61. The topological polar surface area (TPSA) is 35.5 Å². The number of carbonyl (C=O) groups is 1. The molecule has 3 nitrogen and oxygen atoms in total. The zero-order chi connectivity index (χ0) is 11.6. The highest BCUT2D eigenvalue weighted by Gasteiger charge is 2.20. The molecule has 1 aliphatic rings. The summed E-state index contributed by atoms with van der Waals surface area (Å²) >= 11 is 0. The van der Waals surface area contributed by atoms with Gasteiger partial charge < -0.3 is 14.3 Å². The van der Waals surface area contributed by atoms with Gasteiger partial charge in [-0.2, -0.15) is 0 Å². The predicted octanol–water partition coefficient (Wildman–Crippen LogP) is 2.43. The SMILES string of the molecule is COCC1CCC(COCCCC=O)CC1. The van der Waals surface area contributed by atoms with Gasteiger partial charge in [-0.05, 0) is 43.9 Å². The number of hydrogen-bond donors (Lipinski definition) is 0. The molecule has 0 atom stereocenters. The summed E-state index contributed by atoms with van der Waals surface area (Å²) in [4.78, 5) is 10.1. The number of aldehydes is 1. The van der Waals surface area contributed by atoms with Crippen molar-refractivity contribution in [2.24, 2.45) is 11.8 Å². The monoisotopic (exact) mass is 228 g/mol. The molecule has 1 aliphatic carbocycles. The highest BCUT2D eigenvalue weighted by molar-refractivity contribution is 5.48. The molecule has 0 aliphatic heterocycles. The van der Waals surface area contributed by atoms with Crippen LogP contribution in [0.2, 0.25) is 0 Å². The fourth-order valence-electron chi connectivity index (χ4n) is 2.32. The molecule has 94 valence electrons. The first-order chi connectivity index (χ1) is 7.86. The van der Waals surface area contributed by atoms with Gasteiger partial charge in [0.2, 0.25) is 0 Å². The lowest BCUT2D eigenvalue weighted by atomic mass is 9.83. The predicted molar refractivity (Wildman–Crippen MR) is 63.4 cm³/mol. The van der Waals surface area contributed by atoms with Crippen molar-refractivity contribution in [1.29, 1.82) is 0 Å². The quantitative estimate of drug-likeness (QED) is 0.473. The molecule has 0 aromatic rings. The Balaban J connectivity index is 1.97. The lowest BCUT2D eigenvalue weighted by Gasteiger charge is -2.27. The van der Waals surface area contributed by atoms with E-state index in [1.165, 1.54) is 25.7 Å². The standard InChI is InChI=1S/C13H24O3/c1-15-10-12-4-6-13(7-5-12)11-16-9-3-2-8-14/h8,12-13H,2-7,9-11H2,1H3. The summed E-state index contributed by atoms with van der Waals surface area (Å²) < 4.78 is 10.8. The Bertz CT molecular complexity index is 174. The first-order valence-electron chi connectivity index (χ1n) is 6.37. The van der Waals surface area contributed by atoms with Gasteiger partial charge in [-0.3, -0.25) is 0 Å². The number of hydrogen-bond acceptors (Lipinski definition) is 3. The Morgan fingerprint density at radius 3 is 2.31 bits per heavy atom. The fourth-order valence-corrected chi connectivity index (χ4v) is 2.32. The second-order valence-electron chi connectivity index (χ2n) is 4.73. The van der Waals surface area contributed by atoms with Gasteiger partial charge in [-0.25, -0.2) is 0 Å². The van der Waals surface area contributed by atoms with Crippen LogP contribution in [0.1, 0.15) is 38.5 Å². The largest absolute Gasteiger partial charge is 0.384 e. The molecule has 0 unspecified atom stereocenters. The highest BCUT2D eigenvalue weighted by Crippen LogP contribution is 2.28. The Morgan fingerprint density at radius 1 is 1.12 bits per heavy atom. The van der Waals surface area contributed by atoms with E-state index in [-0.39, 0.29) is 0 Å². The molecule has 0 N–H and O–H groups in total. The first kappa shape index (κ1) is 13.7. The average molecular weight is 228 g/mol. The van der Waals surface area contributed by atoms with E-state index in [4.69, 9.17) is 9.47 Å². The summed E-state index contributed by atoms with van der Waals surface area (Å²) in [6, 6.07) is 0. The van der Waals surface area contributed by atoms with Crippen molar-refractivity contribution >= 4 is 6.29 Å². The molecule has 1 saturated carbocycles. The van der Waals surface area contributed by atoms with E-state index in [2.05, 4.69) is 0 Å². The Morgan fingerprint density at radius 2 is 1.75 bits per heavy atom. The zero-order valence-corrected chi connectivity index (χ0v) is 10.3. The molecule has 1 fully saturated rings. The summed E-state index contributed by atoms with van der Waals surface area (Å²) in [7, 11) is 1.78. The lowest BCUT2D eigenvalue weighted by molar-refractivity contribution is -0.108. The molecule has 0 bridgehead atoms. The van der Waals surface area contributed by atoms with Crippen LogP contribution in [0.15, 0.2) is 0 Å². The molecular formula is C13H24O3. The molecule has 0 heterocycles. The van der Waals surface area contributed by atoms with Crippen LogP contribution >= 0.6 is 0 Å². The van der Waals surface area contributed by atoms with Gasteiger partial charge in [0.1, 0.15) is 6.29 Å². The summed E-state index contributed by atoms with van der Waals surface area (Å²) in [5.74, 6) is 1.49. The van der Waals surface area contributed by atoms with E-state index in [1.54, 1.807) is 7.11 Å². The highest BCUT2D eigenvalue weighted by atomic mass is 16.5.